The van der Waals surface area contributed by atoms with E-state index in [0.717, 1.165) is 5.69 Å². The summed E-state index contributed by atoms with van der Waals surface area (Å²) in [6.45, 7) is 2.81. The molecule has 1 amide bonds. The summed E-state index contributed by atoms with van der Waals surface area (Å²) in [4.78, 5) is 25.3. The summed E-state index contributed by atoms with van der Waals surface area (Å²) >= 11 is 0. The molecule has 22 heavy (non-hydrogen) atoms. The minimum Gasteiger partial charge on any atom is -0.469 e. The highest BCUT2D eigenvalue weighted by Crippen LogP contribution is 2.12. The van der Waals surface area contributed by atoms with Crippen LogP contribution in [0.4, 0.5) is 0 Å². The van der Waals surface area contributed by atoms with E-state index in [9.17, 15) is 9.59 Å². The molecule has 0 unspecified atom stereocenters. The third-order valence-corrected chi connectivity index (χ3v) is 3.50. The second-order valence-electron chi connectivity index (χ2n) is 4.85. The SMILES string of the molecule is CCN(CCC(=O)OC)C(=O)c1ccc(-n2cccc2)cc1. The standard InChI is InChI=1S/C17H20N2O3/c1-3-18(13-10-16(20)22-2)17(21)14-6-8-15(9-7-14)19-11-4-5-12-19/h4-9,11-12H,3,10,13H2,1-2H3. The molecule has 0 aliphatic rings. The van der Waals surface area contributed by atoms with E-state index in [-0.39, 0.29) is 18.3 Å². The second-order valence-corrected chi connectivity index (χ2v) is 4.85. The van der Waals surface area contributed by atoms with Gasteiger partial charge in [-0.3, -0.25) is 9.59 Å². The van der Waals surface area contributed by atoms with Crippen molar-refractivity contribution in [3.63, 3.8) is 0 Å². The first-order valence-electron chi connectivity index (χ1n) is 7.25. The van der Waals surface area contributed by atoms with E-state index in [1.165, 1.54) is 7.11 Å². The normalized spacial score (nSPS) is 10.3. The lowest BCUT2D eigenvalue weighted by molar-refractivity contribution is -0.140. The molecule has 1 heterocycles. The van der Waals surface area contributed by atoms with Gasteiger partial charge in [0.2, 0.25) is 0 Å². The van der Waals surface area contributed by atoms with Crippen LogP contribution in [0.3, 0.4) is 0 Å². The van der Waals surface area contributed by atoms with Crippen molar-refractivity contribution in [3.8, 4) is 5.69 Å². The predicted octanol–water partition coefficient (Wildman–Crippen LogP) is 2.50. The van der Waals surface area contributed by atoms with Gasteiger partial charge in [0.15, 0.2) is 0 Å². The average molecular weight is 300 g/mol. The number of rotatable bonds is 6. The fourth-order valence-electron chi connectivity index (χ4n) is 2.20. The van der Waals surface area contributed by atoms with Crippen molar-refractivity contribution < 1.29 is 14.3 Å². The van der Waals surface area contributed by atoms with Gasteiger partial charge in [0.1, 0.15) is 0 Å². The molecule has 0 N–H and O–H groups in total. The van der Waals surface area contributed by atoms with Gasteiger partial charge in [-0.1, -0.05) is 0 Å². The fourth-order valence-corrected chi connectivity index (χ4v) is 2.20. The molecule has 2 rings (SSSR count). The molecule has 0 saturated carbocycles. The van der Waals surface area contributed by atoms with Crippen molar-refractivity contribution in [2.75, 3.05) is 20.2 Å². The molecule has 0 atom stereocenters. The molecule has 0 aliphatic carbocycles. The minimum atomic E-state index is -0.311. The van der Waals surface area contributed by atoms with Crippen LogP contribution in [-0.2, 0) is 9.53 Å². The number of ether oxygens (including phenoxy) is 1. The van der Waals surface area contributed by atoms with Gasteiger partial charge in [0, 0.05) is 36.7 Å². The number of benzene rings is 1. The van der Waals surface area contributed by atoms with Gasteiger partial charge in [-0.2, -0.15) is 0 Å². The van der Waals surface area contributed by atoms with Gasteiger partial charge in [0.05, 0.1) is 13.5 Å². The molecule has 1 aromatic heterocycles. The van der Waals surface area contributed by atoms with E-state index in [0.29, 0.717) is 18.7 Å². The molecule has 0 spiro atoms. The molecule has 5 heteroatoms. The van der Waals surface area contributed by atoms with E-state index in [1.807, 2.05) is 48.1 Å². The summed E-state index contributed by atoms with van der Waals surface area (Å²) in [7, 11) is 1.35. The summed E-state index contributed by atoms with van der Waals surface area (Å²) in [5, 5.41) is 0. The number of nitrogens with zero attached hydrogens (tertiary/aromatic N) is 2. The number of aromatic nitrogens is 1. The average Bonchev–Trinajstić information content (AvgIpc) is 3.09. The van der Waals surface area contributed by atoms with E-state index in [1.54, 1.807) is 17.0 Å². The van der Waals surface area contributed by atoms with Gasteiger partial charge >= 0.3 is 5.97 Å². The number of amides is 1. The number of esters is 1. The van der Waals surface area contributed by atoms with Crippen molar-refractivity contribution in [2.24, 2.45) is 0 Å². The molecule has 2 aromatic rings. The lowest BCUT2D eigenvalue weighted by Crippen LogP contribution is -2.33. The Kier molecular flexibility index (Phi) is 5.36. The molecule has 0 radical (unpaired) electrons. The number of carbonyl (C=O) groups is 2. The Morgan fingerprint density at radius 1 is 1.14 bits per heavy atom. The molecule has 0 bridgehead atoms. The Labute approximate surface area is 130 Å². The first-order valence-corrected chi connectivity index (χ1v) is 7.25. The van der Waals surface area contributed by atoms with Crippen LogP contribution in [0.2, 0.25) is 0 Å². The maximum atomic E-state index is 12.4. The molecule has 0 fully saturated rings. The zero-order valence-electron chi connectivity index (χ0n) is 12.9. The van der Waals surface area contributed by atoms with Crippen LogP contribution in [-0.4, -0.2) is 41.5 Å². The van der Waals surface area contributed by atoms with Crippen LogP contribution in [0.15, 0.2) is 48.8 Å². The largest absolute Gasteiger partial charge is 0.469 e. The maximum Gasteiger partial charge on any atom is 0.307 e. The second kappa shape index (κ2) is 7.45. The Morgan fingerprint density at radius 2 is 1.77 bits per heavy atom. The lowest BCUT2D eigenvalue weighted by Gasteiger charge is -2.20. The summed E-state index contributed by atoms with van der Waals surface area (Å²) in [6.07, 6.45) is 4.11. The summed E-state index contributed by atoms with van der Waals surface area (Å²) in [6, 6.07) is 11.3. The maximum absolute atomic E-state index is 12.4. The Bertz CT molecular complexity index is 618. The quantitative estimate of drug-likeness (QED) is 0.770. The molecular formula is C17H20N2O3. The topological polar surface area (TPSA) is 51.5 Å². The third kappa shape index (κ3) is 3.75. The van der Waals surface area contributed by atoms with E-state index in [2.05, 4.69) is 4.74 Å². The van der Waals surface area contributed by atoms with Crippen LogP contribution in [0.5, 0.6) is 0 Å². The first kappa shape index (κ1) is 15.8. The van der Waals surface area contributed by atoms with E-state index in [4.69, 9.17) is 0 Å². The van der Waals surface area contributed by atoms with Crippen molar-refractivity contribution in [2.45, 2.75) is 13.3 Å². The fraction of sp³-hybridized carbons (Fsp3) is 0.294. The van der Waals surface area contributed by atoms with Gasteiger partial charge in [0.25, 0.3) is 5.91 Å². The minimum absolute atomic E-state index is 0.0783. The highest BCUT2D eigenvalue weighted by molar-refractivity contribution is 5.94. The van der Waals surface area contributed by atoms with Gasteiger partial charge in [-0.25, -0.2) is 0 Å². The van der Waals surface area contributed by atoms with Crippen LogP contribution in [0.25, 0.3) is 5.69 Å². The Morgan fingerprint density at radius 3 is 2.32 bits per heavy atom. The number of carbonyl (C=O) groups excluding carboxylic acids is 2. The molecular weight excluding hydrogens is 280 g/mol. The zero-order chi connectivity index (χ0) is 15.9. The van der Waals surface area contributed by atoms with Gasteiger partial charge in [-0.15, -0.1) is 0 Å². The lowest BCUT2D eigenvalue weighted by atomic mass is 10.1. The molecule has 0 saturated heterocycles. The molecule has 0 aliphatic heterocycles. The molecule has 1 aromatic carbocycles. The smallest absolute Gasteiger partial charge is 0.307 e. The number of hydrogen-bond acceptors (Lipinski definition) is 3. The summed E-state index contributed by atoms with van der Waals surface area (Å²) in [5.74, 6) is -0.389. The predicted molar refractivity (Wildman–Crippen MR) is 84.0 cm³/mol. The van der Waals surface area contributed by atoms with Gasteiger partial charge in [-0.05, 0) is 43.3 Å². The van der Waals surface area contributed by atoms with Crippen molar-refractivity contribution >= 4 is 11.9 Å². The monoisotopic (exact) mass is 300 g/mol. The Balaban J connectivity index is 2.06. The molecule has 5 nitrogen and oxygen atoms in total. The van der Waals surface area contributed by atoms with Gasteiger partial charge < -0.3 is 14.2 Å². The van der Waals surface area contributed by atoms with Crippen LogP contribution in [0, 0.1) is 0 Å². The van der Waals surface area contributed by atoms with Crippen molar-refractivity contribution in [3.05, 3.63) is 54.4 Å². The van der Waals surface area contributed by atoms with Crippen molar-refractivity contribution in [1.82, 2.24) is 9.47 Å². The Hall–Kier alpha value is -2.56. The zero-order valence-corrected chi connectivity index (χ0v) is 12.9. The first-order chi connectivity index (χ1) is 10.7. The van der Waals surface area contributed by atoms with Crippen LogP contribution < -0.4 is 0 Å². The highest BCUT2D eigenvalue weighted by Gasteiger charge is 2.15. The third-order valence-electron chi connectivity index (χ3n) is 3.50. The number of methoxy groups -OCH3 is 1. The number of hydrogen-bond donors (Lipinski definition) is 0. The van der Waals surface area contributed by atoms with Crippen molar-refractivity contribution in [1.29, 1.82) is 0 Å². The summed E-state index contributed by atoms with van der Waals surface area (Å²) in [5.41, 5.74) is 1.61. The van der Waals surface area contributed by atoms with E-state index < -0.39 is 0 Å². The van der Waals surface area contributed by atoms with E-state index >= 15 is 0 Å². The molecule has 116 valence electrons. The highest BCUT2D eigenvalue weighted by atomic mass is 16.5. The van der Waals surface area contributed by atoms with Crippen LogP contribution >= 0.6 is 0 Å². The van der Waals surface area contributed by atoms with Crippen LogP contribution in [0.1, 0.15) is 23.7 Å². The summed E-state index contributed by atoms with van der Waals surface area (Å²) < 4.78 is 6.58.